The molecule has 2 saturated heterocycles. The van der Waals surface area contributed by atoms with Gasteiger partial charge in [0.25, 0.3) is 0 Å². The molecule has 2 aliphatic heterocycles. The maximum atomic E-state index is 5.84. The van der Waals surface area contributed by atoms with E-state index in [2.05, 4.69) is 22.5 Å². The molecular weight excluding hydrogens is 353 g/mol. The number of hydrogen-bond donors (Lipinski definition) is 2. The van der Waals surface area contributed by atoms with Gasteiger partial charge in [-0.15, -0.1) is 24.0 Å². The first kappa shape index (κ1) is 17.0. The molecular formula is C14H28IN3O. The zero-order valence-electron chi connectivity index (χ0n) is 12.2. The number of halogens is 1. The third kappa shape index (κ3) is 5.10. The fraction of sp³-hybridized carbons (Fsp3) is 0.929. The van der Waals surface area contributed by atoms with Gasteiger partial charge in [-0.3, -0.25) is 4.99 Å². The predicted molar refractivity (Wildman–Crippen MR) is 90.4 cm³/mol. The van der Waals surface area contributed by atoms with Crippen molar-refractivity contribution < 1.29 is 4.74 Å². The zero-order valence-corrected chi connectivity index (χ0v) is 14.5. The van der Waals surface area contributed by atoms with Gasteiger partial charge in [-0.05, 0) is 25.7 Å². The lowest BCUT2D eigenvalue weighted by Crippen LogP contribution is -2.47. The minimum absolute atomic E-state index is 0. The predicted octanol–water partition coefficient (Wildman–Crippen LogP) is 2.67. The number of aliphatic imine (C=N–C) groups is 1. The summed E-state index contributed by atoms with van der Waals surface area (Å²) in [6.45, 7) is 3.25. The molecule has 19 heavy (non-hydrogen) atoms. The number of nitrogens with one attached hydrogen (secondary N) is 2. The van der Waals surface area contributed by atoms with Gasteiger partial charge in [0.15, 0.2) is 5.96 Å². The molecule has 0 aromatic heterocycles. The lowest BCUT2D eigenvalue weighted by atomic mass is 9.96. The van der Waals surface area contributed by atoms with Crippen LogP contribution in [0.25, 0.3) is 0 Å². The van der Waals surface area contributed by atoms with E-state index in [4.69, 9.17) is 4.74 Å². The van der Waals surface area contributed by atoms with E-state index in [1.807, 2.05) is 7.05 Å². The van der Waals surface area contributed by atoms with E-state index < -0.39 is 0 Å². The molecule has 3 unspecified atom stereocenters. The van der Waals surface area contributed by atoms with Crippen LogP contribution in [0.1, 0.15) is 51.9 Å². The first-order chi connectivity index (χ1) is 8.83. The first-order valence-electron chi connectivity index (χ1n) is 7.46. The van der Waals surface area contributed by atoms with E-state index in [0.717, 1.165) is 18.9 Å². The van der Waals surface area contributed by atoms with Gasteiger partial charge < -0.3 is 15.4 Å². The topological polar surface area (TPSA) is 45.7 Å². The Balaban J connectivity index is 0.00000180. The van der Waals surface area contributed by atoms with E-state index in [9.17, 15) is 0 Å². The number of ether oxygens (including phenoxy) is 1. The van der Waals surface area contributed by atoms with E-state index >= 15 is 0 Å². The van der Waals surface area contributed by atoms with Crippen LogP contribution < -0.4 is 10.6 Å². The number of guanidine groups is 1. The highest BCUT2D eigenvalue weighted by molar-refractivity contribution is 14.0. The van der Waals surface area contributed by atoms with Crippen LogP contribution in [0.15, 0.2) is 4.99 Å². The van der Waals surface area contributed by atoms with Crippen molar-refractivity contribution in [1.29, 1.82) is 0 Å². The zero-order chi connectivity index (χ0) is 12.8. The fourth-order valence-electron chi connectivity index (χ4n) is 2.92. The molecule has 0 saturated carbocycles. The van der Waals surface area contributed by atoms with Crippen molar-refractivity contribution in [1.82, 2.24) is 10.6 Å². The molecule has 2 heterocycles. The van der Waals surface area contributed by atoms with Crippen LogP contribution in [0.4, 0.5) is 0 Å². The molecule has 2 aliphatic rings. The van der Waals surface area contributed by atoms with Crippen molar-refractivity contribution in [3.63, 3.8) is 0 Å². The Morgan fingerprint density at radius 2 is 2.11 bits per heavy atom. The summed E-state index contributed by atoms with van der Waals surface area (Å²) in [6, 6.07) is 0.464. The molecule has 112 valence electrons. The molecule has 2 bridgehead atoms. The van der Waals surface area contributed by atoms with Crippen molar-refractivity contribution in [2.45, 2.75) is 70.1 Å². The number of nitrogens with zero attached hydrogens (tertiary/aromatic N) is 1. The normalized spacial score (nSPS) is 29.2. The summed E-state index contributed by atoms with van der Waals surface area (Å²) < 4.78 is 5.84. The van der Waals surface area contributed by atoms with Crippen LogP contribution in [0.3, 0.4) is 0 Å². The standard InChI is InChI=1S/C14H27N3O.HI/c1-3-4-5-6-9-16-14(15-2)17-12-10-11-7-8-13(12)18-11;/h11-13H,3-10H2,1-2H3,(H2,15,16,17);1H. The van der Waals surface area contributed by atoms with Gasteiger partial charge in [-0.25, -0.2) is 0 Å². The lowest BCUT2D eigenvalue weighted by molar-refractivity contribution is 0.0992. The van der Waals surface area contributed by atoms with Crippen LogP contribution in [0.5, 0.6) is 0 Å². The minimum atomic E-state index is 0. The highest BCUT2D eigenvalue weighted by atomic mass is 127. The van der Waals surface area contributed by atoms with E-state index in [1.165, 1.54) is 38.5 Å². The highest BCUT2D eigenvalue weighted by Crippen LogP contribution is 2.34. The van der Waals surface area contributed by atoms with Crippen LogP contribution in [0, 0.1) is 0 Å². The second-order valence-corrected chi connectivity index (χ2v) is 5.42. The molecule has 0 radical (unpaired) electrons. The molecule has 3 atom stereocenters. The SMILES string of the molecule is CCCCCCNC(=NC)NC1CC2CCC1O2.I. The summed E-state index contributed by atoms with van der Waals surface area (Å²) in [5, 5.41) is 6.90. The Kier molecular flexibility index (Phi) is 8.06. The van der Waals surface area contributed by atoms with Gasteiger partial charge in [0, 0.05) is 13.6 Å². The van der Waals surface area contributed by atoms with Crippen molar-refractivity contribution in [2.24, 2.45) is 4.99 Å². The summed E-state index contributed by atoms with van der Waals surface area (Å²) in [5.41, 5.74) is 0. The average Bonchev–Trinajstić information content (AvgIpc) is 2.99. The van der Waals surface area contributed by atoms with Crippen molar-refractivity contribution in [3.05, 3.63) is 0 Å². The Labute approximate surface area is 134 Å². The molecule has 0 aromatic carbocycles. The van der Waals surface area contributed by atoms with Gasteiger partial charge in [0.05, 0.1) is 18.2 Å². The van der Waals surface area contributed by atoms with Crippen molar-refractivity contribution >= 4 is 29.9 Å². The maximum Gasteiger partial charge on any atom is 0.191 e. The molecule has 2 N–H and O–H groups in total. The largest absolute Gasteiger partial charge is 0.373 e. The van der Waals surface area contributed by atoms with Gasteiger partial charge in [-0.2, -0.15) is 0 Å². The second-order valence-electron chi connectivity index (χ2n) is 5.42. The number of rotatable bonds is 6. The van der Waals surface area contributed by atoms with Crippen LogP contribution in [0.2, 0.25) is 0 Å². The smallest absolute Gasteiger partial charge is 0.191 e. The Bertz CT molecular complexity index is 286. The Hall–Kier alpha value is -0.0400. The van der Waals surface area contributed by atoms with Gasteiger partial charge in [0.1, 0.15) is 0 Å². The van der Waals surface area contributed by atoms with Gasteiger partial charge >= 0.3 is 0 Å². The third-order valence-corrected chi connectivity index (χ3v) is 3.97. The molecule has 0 aromatic rings. The van der Waals surface area contributed by atoms with E-state index in [0.29, 0.717) is 18.2 Å². The summed E-state index contributed by atoms with van der Waals surface area (Å²) in [7, 11) is 1.84. The fourth-order valence-corrected chi connectivity index (χ4v) is 2.92. The third-order valence-electron chi connectivity index (χ3n) is 3.97. The van der Waals surface area contributed by atoms with Gasteiger partial charge in [0.2, 0.25) is 0 Å². The van der Waals surface area contributed by atoms with Crippen molar-refractivity contribution in [3.8, 4) is 0 Å². The lowest BCUT2D eigenvalue weighted by Gasteiger charge is -2.22. The minimum Gasteiger partial charge on any atom is -0.373 e. The number of fused-ring (bicyclic) bond motifs is 2. The molecule has 4 nitrogen and oxygen atoms in total. The summed E-state index contributed by atoms with van der Waals surface area (Å²) in [5.74, 6) is 0.938. The van der Waals surface area contributed by atoms with Gasteiger partial charge in [-0.1, -0.05) is 26.2 Å². The summed E-state index contributed by atoms with van der Waals surface area (Å²) >= 11 is 0. The van der Waals surface area contributed by atoms with Crippen LogP contribution >= 0.6 is 24.0 Å². The first-order valence-corrected chi connectivity index (χ1v) is 7.46. The molecule has 0 amide bonds. The van der Waals surface area contributed by atoms with Crippen LogP contribution in [-0.4, -0.2) is 37.8 Å². The monoisotopic (exact) mass is 381 g/mol. The van der Waals surface area contributed by atoms with Crippen LogP contribution in [-0.2, 0) is 4.74 Å². The molecule has 0 spiro atoms. The Morgan fingerprint density at radius 3 is 2.68 bits per heavy atom. The molecule has 2 rings (SSSR count). The highest BCUT2D eigenvalue weighted by Gasteiger charge is 2.40. The van der Waals surface area contributed by atoms with E-state index in [1.54, 1.807) is 0 Å². The molecule has 2 fully saturated rings. The maximum absolute atomic E-state index is 5.84. The molecule has 0 aliphatic carbocycles. The number of hydrogen-bond acceptors (Lipinski definition) is 2. The quantitative estimate of drug-likeness (QED) is 0.322. The number of unbranched alkanes of at least 4 members (excludes halogenated alkanes) is 3. The average molecular weight is 381 g/mol. The second kappa shape index (κ2) is 9.00. The van der Waals surface area contributed by atoms with Crippen molar-refractivity contribution in [2.75, 3.05) is 13.6 Å². The summed E-state index contributed by atoms with van der Waals surface area (Å²) in [4.78, 5) is 4.29. The summed E-state index contributed by atoms with van der Waals surface area (Å²) in [6.07, 6.45) is 9.63. The van der Waals surface area contributed by atoms with E-state index in [-0.39, 0.29) is 24.0 Å². The Morgan fingerprint density at radius 1 is 1.26 bits per heavy atom. The molecule has 5 heteroatoms.